The molecule has 2 aliphatic heterocycles. The van der Waals surface area contributed by atoms with Gasteiger partial charge in [-0.15, -0.1) is 0 Å². The first kappa shape index (κ1) is 11.1. The second-order valence-corrected chi connectivity index (χ2v) is 5.13. The number of hydrogen-bond donors (Lipinski definition) is 1. The molecular formula is C10H20N4S. The van der Waals surface area contributed by atoms with E-state index in [2.05, 4.69) is 21.7 Å². The van der Waals surface area contributed by atoms with E-state index in [0.717, 1.165) is 44.1 Å². The molecular weight excluding hydrogens is 208 g/mol. The summed E-state index contributed by atoms with van der Waals surface area (Å²) in [6.45, 7) is 4.13. The van der Waals surface area contributed by atoms with Crippen LogP contribution in [0.1, 0.15) is 12.8 Å². The molecule has 0 aromatic heterocycles. The van der Waals surface area contributed by atoms with E-state index in [1.807, 2.05) is 7.05 Å². The van der Waals surface area contributed by atoms with Crippen molar-refractivity contribution in [1.29, 1.82) is 0 Å². The highest BCUT2D eigenvalue weighted by Crippen LogP contribution is 2.26. The first-order valence-electron chi connectivity index (χ1n) is 5.53. The largest absolute Gasteiger partial charge is 0.350 e. The second kappa shape index (κ2) is 3.88. The van der Waals surface area contributed by atoms with Crippen molar-refractivity contribution in [2.24, 2.45) is 5.73 Å². The Morgan fingerprint density at radius 1 is 1.13 bits per heavy atom. The van der Waals surface area contributed by atoms with Gasteiger partial charge < -0.3 is 20.4 Å². The molecule has 0 amide bonds. The van der Waals surface area contributed by atoms with E-state index in [1.165, 1.54) is 0 Å². The zero-order valence-electron chi connectivity index (χ0n) is 9.57. The maximum absolute atomic E-state index is 6.46. The lowest BCUT2D eigenvalue weighted by molar-refractivity contribution is 0.0942. The standard InChI is InChI=1S/C10H20N4S/c1-12-5-3-10(11,4-6-12)14-8-7-13(2)9(14)15/h3-8,11H2,1-2H3. The molecule has 2 N–H and O–H groups in total. The van der Waals surface area contributed by atoms with Crippen LogP contribution in [0.2, 0.25) is 0 Å². The van der Waals surface area contributed by atoms with E-state index in [4.69, 9.17) is 18.0 Å². The lowest BCUT2D eigenvalue weighted by Gasteiger charge is -2.44. The van der Waals surface area contributed by atoms with Crippen LogP contribution in [0.15, 0.2) is 0 Å². The van der Waals surface area contributed by atoms with Crippen molar-refractivity contribution >= 4 is 17.3 Å². The Morgan fingerprint density at radius 3 is 2.20 bits per heavy atom. The van der Waals surface area contributed by atoms with Gasteiger partial charge in [-0.25, -0.2) is 0 Å². The summed E-state index contributed by atoms with van der Waals surface area (Å²) in [5.41, 5.74) is 6.26. The van der Waals surface area contributed by atoms with Crippen LogP contribution < -0.4 is 5.73 Å². The van der Waals surface area contributed by atoms with E-state index in [-0.39, 0.29) is 5.66 Å². The minimum atomic E-state index is -0.200. The van der Waals surface area contributed by atoms with Crippen LogP contribution in [0, 0.1) is 0 Å². The number of rotatable bonds is 1. The molecule has 0 spiro atoms. The molecule has 2 fully saturated rings. The number of likely N-dealkylation sites (N-methyl/N-ethyl adjacent to an activating group) is 1. The Morgan fingerprint density at radius 2 is 1.73 bits per heavy atom. The topological polar surface area (TPSA) is 35.7 Å². The quantitative estimate of drug-likeness (QED) is 0.634. The molecule has 0 aromatic carbocycles. The van der Waals surface area contributed by atoms with Gasteiger partial charge in [0.15, 0.2) is 5.11 Å². The molecule has 2 rings (SSSR count). The van der Waals surface area contributed by atoms with Crippen LogP contribution >= 0.6 is 12.2 Å². The molecule has 15 heavy (non-hydrogen) atoms. The van der Waals surface area contributed by atoms with Crippen molar-refractivity contribution in [3.05, 3.63) is 0 Å². The molecule has 0 aromatic rings. The fraction of sp³-hybridized carbons (Fsp3) is 0.900. The molecule has 5 heteroatoms. The summed E-state index contributed by atoms with van der Waals surface area (Å²) in [6.07, 6.45) is 2.02. The van der Waals surface area contributed by atoms with E-state index in [1.54, 1.807) is 0 Å². The number of piperidine rings is 1. The van der Waals surface area contributed by atoms with Crippen LogP contribution in [0.4, 0.5) is 0 Å². The third-order valence-electron chi connectivity index (χ3n) is 3.61. The van der Waals surface area contributed by atoms with Gasteiger partial charge in [0.05, 0.1) is 5.66 Å². The number of likely N-dealkylation sites (tertiary alicyclic amines) is 1. The van der Waals surface area contributed by atoms with Crippen molar-refractivity contribution < 1.29 is 0 Å². The van der Waals surface area contributed by atoms with Crippen molar-refractivity contribution in [2.75, 3.05) is 40.3 Å². The Bertz CT molecular complexity index is 260. The number of nitrogens with two attached hydrogens (primary N) is 1. The van der Waals surface area contributed by atoms with Gasteiger partial charge in [-0.2, -0.15) is 0 Å². The highest BCUT2D eigenvalue weighted by molar-refractivity contribution is 7.80. The van der Waals surface area contributed by atoms with Gasteiger partial charge in [0.2, 0.25) is 0 Å². The second-order valence-electron chi connectivity index (χ2n) is 4.76. The molecule has 0 radical (unpaired) electrons. The highest BCUT2D eigenvalue weighted by atomic mass is 32.1. The van der Waals surface area contributed by atoms with Crippen LogP contribution in [0.5, 0.6) is 0 Å². The monoisotopic (exact) mass is 228 g/mol. The molecule has 2 aliphatic rings. The number of hydrogen-bond acceptors (Lipinski definition) is 3. The molecule has 0 bridgehead atoms. The summed E-state index contributed by atoms with van der Waals surface area (Å²) < 4.78 is 0. The zero-order valence-corrected chi connectivity index (χ0v) is 10.4. The van der Waals surface area contributed by atoms with Crippen LogP contribution in [0.25, 0.3) is 0 Å². The molecule has 4 nitrogen and oxygen atoms in total. The van der Waals surface area contributed by atoms with Gasteiger partial charge in [0.1, 0.15) is 0 Å². The minimum absolute atomic E-state index is 0.200. The average molecular weight is 228 g/mol. The molecule has 2 heterocycles. The van der Waals surface area contributed by atoms with Gasteiger partial charge in [-0.05, 0) is 32.1 Å². The summed E-state index contributed by atoms with van der Waals surface area (Å²) in [7, 11) is 4.19. The third kappa shape index (κ3) is 1.96. The number of thiocarbonyl (C=S) groups is 1. The smallest absolute Gasteiger partial charge is 0.172 e. The van der Waals surface area contributed by atoms with E-state index < -0.39 is 0 Å². The Balaban J connectivity index is 2.06. The molecule has 0 unspecified atom stereocenters. The van der Waals surface area contributed by atoms with Gasteiger partial charge in [-0.1, -0.05) is 0 Å². The number of nitrogens with zero attached hydrogens (tertiary/aromatic N) is 3. The van der Waals surface area contributed by atoms with Crippen molar-refractivity contribution in [2.45, 2.75) is 18.5 Å². The molecule has 86 valence electrons. The fourth-order valence-corrected chi connectivity index (χ4v) is 2.70. The summed E-state index contributed by atoms with van der Waals surface area (Å²) in [5.74, 6) is 0. The lowest BCUT2D eigenvalue weighted by Crippen LogP contribution is -2.61. The fourth-order valence-electron chi connectivity index (χ4n) is 2.34. The predicted molar refractivity (Wildman–Crippen MR) is 65.6 cm³/mol. The predicted octanol–water partition coefficient (Wildman–Crippen LogP) is -0.101. The minimum Gasteiger partial charge on any atom is -0.350 e. The van der Waals surface area contributed by atoms with E-state index in [9.17, 15) is 0 Å². The first-order valence-corrected chi connectivity index (χ1v) is 5.94. The first-order chi connectivity index (χ1) is 7.03. The lowest BCUT2D eigenvalue weighted by atomic mass is 9.96. The van der Waals surface area contributed by atoms with Crippen molar-refractivity contribution in [3.63, 3.8) is 0 Å². The van der Waals surface area contributed by atoms with Crippen LogP contribution in [-0.4, -0.2) is 65.7 Å². The summed E-state index contributed by atoms with van der Waals surface area (Å²) in [4.78, 5) is 6.66. The Hall–Kier alpha value is -0.390. The van der Waals surface area contributed by atoms with Crippen LogP contribution in [-0.2, 0) is 0 Å². The van der Waals surface area contributed by atoms with E-state index in [0.29, 0.717) is 0 Å². The summed E-state index contributed by atoms with van der Waals surface area (Å²) >= 11 is 5.40. The van der Waals surface area contributed by atoms with E-state index >= 15 is 0 Å². The van der Waals surface area contributed by atoms with Crippen molar-refractivity contribution in [3.8, 4) is 0 Å². The van der Waals surface area contributed by atoms with Crippen LogP contribution in [0.3, 0.4) is 0 Å². The average Bonchev–Trinajstić information content (AvgIpc) is 2.54. The molecule has 0 atom stereocenters. The van der Waals surface area contributed by atoms with Gasteiger partial charge in [0.25, 0.3) is 0 Å². The van der Waals surface area contributed by atoms with Gasteiger partial charge >= 0.3 is 0 Å². The van der Waals surface area contributed by atoms with Crippen molar-refractivity contribution in [1.82, 2.24) is 14.7 Å². The normalized spacial score (nSPS) is 27.5. The summed E-state index contributed by atoms with van der Waals surface area (Å²) in [5, 5.41) is 0.919. The molecule has 0 saturated carbocycles. The molecule has 0 aliphatic carbocycles. The SMILES string of the molecule is CN1CCC(N)(N2CCN(C)C2=S)CC1. The Kier molecular flexibility index (Phi) is 2.87. The highest BCUT2D eigenvalue weighted by Gasteiger charge is 2.40. The third-order valence-corrected chi connectivity index (χ3v) is 4.14. The maximum atomic E-state index is 6.46. The summed E-state index contributed by atoms with van der Waals surface area (Å²) in [6, 6.07) is 0. The molecule has 2 saturated heterocycles. The zero-order chi connectivity index (χ0) is 11.1. The maximum Gasteiger partial charge on any atom is 0.172 e. The Labute approximate surface area is 97.0 Å². The van der Waals surface area contributed by atoms with Gasteiger partial charge in [-0.3, -0.25) is 0 Å². The van der Waals surface area contributed by atoms with Gasteiger partial charge in [0, 0.05) is 33.2 Å².